The Kier molecular flexibility index (Phi) is 2.50. The molecule has 0 aliphatic heterocycles. The van der Waals surface area contributed by atoms with E-state index in [0.29, 0.717) is 0 Å². The second-order valence-corrected chi connectivity index (χ2v) is 4.65. The quantitative estimate of drug-likeness (QED) is 0.551. The van der Waals surface area contributed by atoms with Gasteiger partial charge in [0.25, 0.3) is 0 Å². The summed E-state index contributed by atoms with van der Waals surface area (Å²) in [5.41, 5.74) is 4.39. The van der Waals surface area contributed by atoms with Crippen molar-refractivity contribution in [1.29, 1.82) is 0 Å². The summed E-state index contributed by atoms with van der Waals surface area (Å²) < 4.78 is 0. The van der Waals surface area contributed by atoms with E-state index in [4.69, 9.17) is 0 Å². The Morgan fingerprint density at radius 3 is 1.82 bits per heavy atom. The summed E-state index contributed by atoms with van der Waals surface area (Å²) >= 11 is 0. The maximum Gasteiger partial charge on any atom is 0.0523 e. The first-order valence-electron chi connectivity index (χ1n) is 4.22. The Balaban J connectivity index is 3.25. The van der Waals surface area contributed by atoms with Gasteiger partial charge in [-0.05, 0) is 20.8 Å². The molecule has 0 saturated carbocycles. The van der Waals surface area contributed by atoms with E-state index in [1.165, 1.54) is 16.7 Å². The molecule has 0 bridgehead atoms. The van der Waals surface area contributed by atoms with Crippen LogP contribution in [0.25, 0.3) is 0 Å². The Bertz CT molecular complexity index is 241. The van der Waals surface area contributed by atoms with Crippen molar-refractivity contribution in [2.24, 2.45) is 0 Å². The number of benzene rings is 1. The highest BCUT2D eigenvalue weighted by Gasteiger charge is 1.99. The average Bonchev–Trinajstić information content (AvgIpc) is 1.85. The van der Waals surface area contributed by atoms with Crippen LogP contribution in [0.15, 0.2) is 12.1 Å². The average molecular weight is 164 g/mol. The van der Waals surface area contributed by atoms with Gasteiger partial charge in [0.05, 0.1) is 9.52 Å². The van der Waals surface area contributed by atoms with Crippen molar-refractivity contribution < 1.29 is 0 Å². The topological polar surface area (TPSA) is 0 Å². The summed E-state index contributed by atoms with van der Waals surface area (Å²) in [5, 5.41) is 1.65. The van der Waals surface area contributed by atoms with Gasteiger partial charge in [-0.3, -0.25) is 0 Å². The van der Waals surface area contributed by atoms with Gasteiger partial charge in [0.2, 0.25) is 0 Å². The molecule has 1 heteroatoms. The second kappa shape index (κ2) is 3.22. The second-order valence-electron chi connectivity index (χ2n) is 3.23. The highest BCUT2D eigenvalue weighted by atomic mass is 28.2. The molecule has 0 atom stereocenters. The molecule has 0 aliphatic carbocycles. The van der Waals surface area contributed by atoms with Crippen LogP contribution in [-0.2, 0) is 0 Å². The van der Waals surface area contributed by atoms with Gasteiger partial charge in [-0.25, -0.2) is 0 Å². The number of hydrogen-bond donors (Lipinski definition) is 0. The minimum absolute atomic E-state index is 0.0174. The fourth-order valence-electron chi connectivity index (χ4n) is 1.77. The monoisotopic (exact) mass is 164 g/mol. The molecule has 0 saturated heterocycles. The van der Waals surface area contributed by atoms with Crippen LogP contribution in [0.3, 0.4) is 0 Å². The van der Waals surface area contributed by atoms with Crippen LogP contribution in [0.2, 0.25) is 6.55 Å². The molecule has 0 fully saturated rings. The predicted octanol–water partition coefficient (Wildman–Crippen LogP) is 1.45. The van der Waals surface area contributed by atoms with Crippen molar-refractivity contribution >= 4 is 14.7 Å². The van der Waals surface area contributed by atoms with Crippen LogP contribution >= 0.6 is 0 Å². The van der Waals surface area contributed by atoms with Crippen molar-refractivity contribution in [1.82, 2.24) is 0 Å². The number of aryl methyl sites for hydroxylation is 3. The van der Waals surface area contributed by atoms with Crippen LogP contribution in [0.1, 0.15) is 16.7 Å². The maximum atomic E-state index is 2.35. The molecule has 0 nitrogen and oxygen atoms in total. The summed E-state index contributed by atoms with van der Waals surface area (Å²) in [6.45, 7) is 8.98. The smallest absolute Gasteiger partial charge is 0.0523 e. The Morgan fingerprint density at radius 2 is 1.45 bits per heavy atom. The van der Waals surface area contributed by atoms with E-state index in [2.05, 4.69) is 39.5 Å². The fourth-order valence-corrected chi connectivity index (χ4v) is 3.09. The number of hydrogen-bond acceptors (Lipinski definition) is 0. The summed E-state index contributed by atoms with van der Waals surface area (Å²) in [4.78, 5) is 0. The summed E-state index contributed by atoms with van der Waals surface area (Å²) in [7, 11) is 0.0174. The third kappa shape index (κ3) is 1.72. The molecular weight excluding hydrogens is 148 g/mol. The van der Waals surface area contributed by atoms with Crippen LogP contribution in [-0.4, -0.2) is 9.52 Å². The van der Waals surface area contributed by atoms with Gasteiger partial charge in [-0.1, -0.05) is 40.6 Å². The molecule has 1 aromatic carbocycles. The maximum absolute atomic E-state index is 2.35. The van der Waals surface area contributed by atoms with Crippen molar-refractivity contribution in [2.75, 3.05) is 0 Å². The lowest BCUT2D eigenvalue weighted by atomic mass is 10.1. The minimum Gasteiger partial charge on any atom is -0.0708 e. The molecule has 1 aromatic rings. The van der Waals surface area contributed by atoms with Gasteiger partial charge in [0.1, 0.15) is 0 Å². The molecule has 0 spiro atoms. The summed E-state index contributed by atoms with van der Waals surface area (Å²) in [6, 6.07) is 4.58. The fraction of sp³-hybridized carbons (Fsp3) is 0.400. The molecular formula is C10H16Si. The van der Waals surface area contributed by atoms with Crippen molar-refractivity contribution in [3.8, 4) is 0 Å². The van der Waals surface area contributed by atoms with E-state index >= 15 is 0 Å². The van der Waals surface area contributed by atoms with Gasteiger partial charge in [-0.2, -0.15) is 0 Å². The molecule has 0 heterocycles. The Hall–Kier alpha value is -0.563. The molecule has 60 valence electrons. The van der Waals surface area contributed by atoms with E-state index in [9.17, 15) is 0 Å². The minimum atomic E-state index is 0.0174. The molecule has 0 amide bonds. The van der Waals surface area contributed by atoms with Gasteiger partial charge in [-0.15, -0.1) is 0 Å². The molecule has 0 unspecified atom stereocenters. The lowest BCUT2D eigenvalue weighted by Gasteiger charge is -2.07. The third-order valence-corrected chi connectivity index (χ3v) is 4.02. The van der Waals surface area contributed by atoms with E-state index in [-0.39, 0.29) is 9.52 Å². The molecule has 0 aromatic heterocycles. The third-order valence-electron chi connectivity index (χ3n) is 2.19. The van der Waals surface area contributed by atoms with E-state index < -0.39 is 0 Å². The normalized spacial score (nSPS) is 11.3. The van der Waals surface area contributed by atoms with E-state index in [1.807, 2.05) is 0 Å². The van der Waals surface area contributed by atoms with Gasteiger partial charge >= 0.3 is 0 Å². The lowest BCUT2D eigenvalue weighted by molar-refractivity contribution is 1.35. The van der Waals surface area contributed by atoms with Gasteiger partial charge < -0.3 is 0 Å². The van der Waals surface area contributed by atoms with Crippen LogP contribution in [0, 0.1) is 20.8 Å². The Labute approximate surface area is 71.5 Å². The van der Waals surface area contributed by atoms with E-state index in [0.717, 1.165) is 0 Å². The first kappa shape index (κ1) is 8.53. The highest BCUT2D eigenvalue weighted by Crippen LogP contribution is 2.04. The van der Waals surface area contributed by atoms with Crippen LogP contribution < -0.4 is 5.19 Å². The lowest BCUT2D eigenvalue weighted by Crippen LogP contribution is -2.18. The van der Waals surface area contributed by atoms with Crippen LogP contribution in [0.4, 0.5) is 0 Å². The zero-order chi connectivity index (χ0) is 8.43. The molecule has 0 radical (unpaired) electrons. The summed E-state index contributed by atoms with van der Waals surface area (Å²) in [5.74, 6) is 0. The first-order chi connectivity index (χ1) is 5.15. The predicted molar refractivity (Wildman–Crippen MR) is 54.7 cm³/mol. The van der Waals surface area contributed by atoms with Gasteiger partial charge in [0, 0.05) is 0 Å². The summed E-state index contributed by atoms with van der Waals surface area (Å²) in [6.07, 6.45) is 0. The zero-order valence-electron chi connectivity index (χ0n) is 7.86. The van der Waals surface area contributed by atoms with Gasteiger partial charge in [0.15, 0.2) is 0 Å². The molecule has 11 heavy (non-hydrogen) atoms. The zero-order valence-corrected chi connectivity index (χ0v) is 9.28. The van der Waals surface area contributed by atoms with E-state index in [1.54, 1.807) is 5.19 Å². The highest BCUT2D eigenvalue weighted by molar-refractivity contribution is 6.53. The first-order valence-corrected chi connectivity index (χ1v) is 6.34. The molecule has 1 rings (SSSR count). The van der Waals surface area contributed by atoms with Crippen LogP contribution in [0.5, 0.6) is 0 Å². The largest absolute Gasteiger partial charge is 0.0708 e. The Morgan fingerprint density at radius 1 is 1.00 bits per heavy atom. The molecule has 0 aliphatic rings. The van der Waals surface area contributed by atoms with Crippen molar-refractivity contribution in [2.45, 2.75) is 27.3 Å². The SMILES string of the molecule is C[SiH2]c1c(C)cc(C)cc1C. The molecule has 0 N–H and O–H groups in total. The standard InChI is InChI=1S/C10H16Si/c1-7-5-8(2)10(11-4)9(3)6-7/h5-6H,11H2,1-4H3. The van der Waals surface area contributed by atoms with Crippen molar-refractivity contribution in [3.63, 3.8) is 0 Å². The number of rotatable bonds is 1. The van der Waals surface area contributed by atoms with Crippen molar-refractivity contribution in [3.05, 3.63) is 28.8 Å².